The van der Waals surface area contributed by atoms with Gasteiger partial charge < -0.3 is 30.1 Å². The molecule has 0 amide bonds. The number of hydrogen-bond donors (Lipinski definition) is 2. The van der Waals surface area contributed by atoms with Crippen LogP contribution >= 0.6 is 0 Å². The number of cyclic esters (lactones) is 1. The molecule has 2 aromatic rings. The molecule has 4 N–H and O–H groups in total. The number of rotatable bonds is 4. The molecule has 0 aromatic carbocycles. The van der Waals surface area contributed by atoms with E-state index in [1.54, 1.807) is 6.07 Å². The lowest BCUT2D eigenvalue weighted by Gasteiger charge is -2.58. The van der Waals surface area contributed by atoms with E-state index in [-0.39, 0.29) is 24.8 Å². The van der Waals surface area contributed by atoms with Gasteiger partial charge in [0, 0.05) is 35.5 Å². The summed E-state index contributed by atoms with van der Waals surface area (Å²) in [5, 5.41) is 0. The molecule has 1 aliphatic heterocycles. The minimum atomic E-state index is -1.50. The van der Waals surface area contributed by atoms with Gasteiger partial charge in [-0.1, -0.05) is 0 Å². The number of esters is 3. The Balaban J connectivity index is 1.57. The highest BCUT2D eigenvalue weighted by Gasteiger charge is 2.67. The molecule has 0 bridgehead atoms. The summed E-state index contributed by atoms with van der Waals surface area (Å²) in [5.41, 5.74) is 11.3. The summed E-state index contributed by atoms with van der Waals surface area (Å²) in [6, 6.07) is 1.63. The molecule has 3 heterocycles. The summed E-state index contributed by atoms with van der Waals surface area (Å²) in [6.45, 7) is 0. The van der Waals surface area contributed by atoms with E-state index in [4.69, 9.17) is 30.1 Å². The molecule has 6 atom stereocenters. The number of nitrogens with two attached hydrogens (primary N) is 2. The van der Waals surface area contributed by atoms with Crippen LogP contribution in [0, 0.1) is 17.8 Å². The highest BCUT2D eigenvalue weighted by atomic mass is 16.6. The first kappa shape index (κ1) is 23.8. The maximum Gasteiger partial charge on any atom is 0.346 e. The monoisotopic (exact) mass is 496 g/mol. The van der Waals surface area contributed by atoms with Crippen LogP contribution in [0.3, 0.4) is 0 Å². The number of Topliss-reactive ketones (excluding diaryl/α,β-unsaturated/α-hetero) is 1. The lowest BCUT2D eigenvalue weighted by molar-refractivity contribution is -0.179. The molecule has 12 nitrogen and oxygen atoms in total. The fraction of sp³-hybridized carbons (Fsp3) is 0.417. The van der Waals surface area contributed by atoms with Crippen LogP contribution in [0.1, 0.15) is 41.3 Å². The summed E-state index contributed by atoms with van der Waals surface area (Å²) in [6.07, 6.45) is 7.30. The third-order valence-electron chi connectivity index (χ3n) is 7.44. The molecule has 36 heavy (non-hydrogen) atoms. The molecule has 0 unspecified atom stereocenters. The third kappa shape index (κ3) is 3.60. The molecule has 2 aromatic heterocycles. The topological polar surface area (TPSA) is 187 Å². The highest BCUT2D eigenvalue weighted by molar-refractivity contribution is 6.04. The molecular formula is C24H24N4O8. The fourth-order valence-electron chi connectivity index (χ4n) is 5.75. The smallest absolute Gasteiger partial charge is 0.346 e. The zero-order valence-corrected chi connectivity index (χ0v) is 19.3. The highest BCUT2D eigenvalue weighted by Crippen LogP contribution is 2.55. The molecule has 5 rings (SSSR count). The van der Waals surface area contributed by atoms with Gasteiger partial charge in [-0.25, -0.2) is 14.8 Å². The van der Waals surface area contributed by atoms with Crippen LogP contribution in [0.4, 0.5) is 0 Å². The van der Waals surface area contributed by atoms with E-state index in [1.807, 2.05) is 0 Å². The Morgan fingerprint density at radius 1 is 1.17 bits per heavy atom. The second-order valence-electron chi connectivity index (χ2n) is 9.35. The minimum absolute atomic E-state index is 0.00403. The lowest BCUT2D eigenvalue weighted by Crippen LogP contribution is -2.76. The predicted molar refractivity (Wildman–Crippen MR) is 118 cm³/mol. The van der Waals surface area contributed by atoms with E-state index in [1.165, 1.54) is 44.4 Å². The number of ketones is 1. The lowest BCUT2D eigenvalue weighted by atomic mass is 9.50. The van der Waals surface area contributed by atoms with Crippen molar-refractivity contribution in [2.45, 2.75) is 36.4 Å². The predicted octanol–water partition coefficient (Wildman–Crippen LogP) is 0.592. The number of carbonyl (C=O) groups is 4. The van der Waals surface area contributed by atoms with Gasteiger partial charge in [0.25, 0.3) is 0 Å². The molecule has 0 spiro atoms. The quantitative estimate of drug-likeness (QED) is 0.444. The van der Waals surface area contributed by atoms with E-state index >= 15 is 0 Å². The van der Waals surface area contributed by atoms with Crippen molar-refractivity contribution in [1.82, 2.24) is 9.97 Å². The number of carbonyl (C=O) groups excluding carboxylic acids is 4. The van der Waals surface area contributed by atoms with Crippen molar-refractivity contribution < 1.29 is 37.8 Å². The average molecular weight is 496 g/mol. The average Bonchev–Trinajstić information content (AvgIpc) is 3.40. The molecule has 1 saturated heterocycles. The number of ether oxygens (including phenoxy) is 3. The number of fused-ring (bicyclic) bond motifs is 3. The second kappa shape index (κ2) is 8.64. The van der Waals surface area contributed by atoms with Crippen molar-refractivity contribution in [3.8, 4) is 0 Å². The fourth-order valence-corrected chi connectivity index (χ4v) is 5.75. The van der Waals surface area contributed by atoms with E-state index < -0.39 is 64.4 Å². The summed E-state index contributed by atoms with van der Waals surface area (Å²) >= 11 is 0. The second-order valence-corrected chi connectivity index (χ2v) is 9.35. The SMILES string of the molecule is COC(=O)[C@@H]1C=C(OC(=O)c2cncnc2)C(=O)[C@H]2[C@@]1(N)CC[C@H]1C(=O)O[C@H](c3ccoc3)C[C@]21N. The summed E-state index contributed by atoms with van der Waals surface area (Å²) in [5.74, 6) is -6.57. The molecule has 2 fully saturated rings. The van der Waals surface area contributed by atoms with Gasteiger partial charge in [-0.2, -0.15) is 0 Å². The number of nitrogens with zero attached hydrogens (tertiary/aromatic N) is 2. The zero-order chi connectivity index (χ0) is 25.7. The van der Waals surface area contributed by atoms with E-state index in [9.17, 15) is 19.2 Å². The number of methoxy groups -OCH3 is 1. The van der Waals surface area contributed by atoms with Crippen molar-refractivity contribution in [1.29, 1.82) is 0 Å². The minimum Gasteiger partial charge on any atom is -0.472 e. The van der Waals surface area contributed by atoms with E-state index in [0.717, 1.165) is 0 Å². The van der Waals surface area contributed by atoms with Gasteiger partial charge >= 0.3 is 17.9 Å². The van der Waals surface area contributed by atoms with Crippen molar-refractivity contribution in [2.75, 3.05) is 7.11 Å². The standard InChI is InChI=1S/C24H24N4O8/c1-33-21(31)15-6-16(35-20(30)13-8-27-11-28-9-13)18(29)19-23(15,25)4-2-14-22(32)36-17(7-24(14,19)26)12-3-5-34-10-12/h3,5-6,8-11,14-15,17,19H,2,4,7,25-26H2,1H3/t14-,15-,17-,19-,23+,24+/m0/s1. The van der Waals surface area contributed by atoms with Crippen LogP contribution in [0.5, 0.6) is 0 Å². The summed E-state index contributed by atoms with van der Waals surface area (Å²) < 4.78 is 21.1. The Bertz CT molecular complexity index is 1250. The van der Waals surface area contributed by atoms with Gasteiger partial charge in [0.2, 0.25) is 5.78 Å². The van der Waals surface area contributed by atoms with Gasteiger partial charge in [0.05, 0.1) is 43.0 Å². The van der Waals surface area contributed by atoms with Crippen molar-refractivity contribution in [2.24, 2.45) is 29.2 Å². The molecular weight excluding hydrogens is 472 g/mol. The molecule has 2 aliphatic carbocycles. The van der Waals surface area contributed by atoms with Gasteiger partial charge in [-0.15, -0.1) is 0 Å². The summed E-state index contributed by atoms with van der Waals surface area (Å²) in [4.78, 5) is 60.0. The number of allylic oxidation sites excluding steroid dienone is 1. The van der Waals surface area contributed by atoms with Crippen LogP contribution in [0.15, 0.2) is 53.6 Å². The molecule has 1 saturated carbocycles. The first-order chi connectivity index (χ1) is 17.2. The van der Waals surface area contributed by atoms with Crippen LogP contribution in [-0.2, 0) is 28.6 Å². The zero-order valence-electron chi connectivity index (χ0n) is 19.3. The molecule has 12 heteroatoms. The number of aromatic nitrogens is 2. The van der Waals surface area contributed by atoms with Crippen molar-refractivity contribution in [3.63, 3.8) is 0 Å². The first-order valence-electron chi connectivity index (χ1n) is 11.3. The molecule has 3 aliphatic rings. The maximum atomic E-state index is 13.9. The van der Waals surface area contributed by atoms with Crippen LogP contribution in [-0.4, -0.2) is 51.8 Å². The van der Waals surface area contributed by atoms with Gasteiger partial charge in [0.15, 0.2) is 5.76 Å². The van der Waals surface area contributed by atoms with Crippen LogP contribution in [0.25, 0.3) is 0 Å². The Morgan fingerprint density at radius 3 is 2.58 bits per heavy atom. The van der Waals surface area contributed by atoms with E-state index in [0.29, 0.717) is 5.56 Å². The van der Waals surface area contributed by atoms with Crippen molar-refractivity contribution >= 4 is 23.7 Å². The van der Waals surface area contributed by atoms with Crippen molar-refractivity contribution in [3.05, 3.63) is 60.3 Å². The normalized spacial score (nSPS) is 33.5. The van der Waals surface area contributed by atoms with Crippen LogP contribution < -0.4 is 11.5 Å². The largest absolute Gasteiger partial charge is 0.472 e. The molecule has 0 radical (unpaired) electrons. The molecule has 188 valence electrons. The Kier molecular flexibility index (Phi) is 5.72. The number of furan rings is 1. The number of hydrogen-bond acceptors (Lipinski definition) is 12. The third-order valence-corrected chi connectivity index (χ3v) is 7.44. The van der Waals surface area contributed by atoms with Gasteiger partial charge in [0.1, 0.15) is 12.4 Å². The first-order valence-corrected chi connectivity index (χ1v) is 11.3. The maximum absolute atomic E-state index is 13.9. The Hall–Kier alpha value is -3.90. The van der Waals surface area contributed by atoms with E-state index in [2.05, 4.69) is 9.97 Å². The Morgan fingerprint density at radius 2 is 1.92 bits per heavy atom. The van der Waals surface area contributed by atoms with Crippen LogP contribution in [0.2, 0.25) is 0 Å². The van der Waals surface area contributed by atoms with Gasteiger partial charge in [-0.05, 0) is 25.0 Å². The Labute approximate surface area is 205 Å². The van der Waals surface area contributed by atoms with Gasteiger partial charge in [-0.3, -0.25) is 14.4 Å². The summed E-state index contributed by atoms with van der Waals surface area (Å²) in [7, 11) is 1.19.